The SMILES string of the molecule is COC(=O)Nc1ccc(-c2nc([C@H](Cc3cccnc3OC)NC(=O)C=Cc3cc(Cl)ccc3-n3cnnn3)[nH]c2Cl)cc1. The Labute approximate surface area is 261 Å². The lowest BCUT2D eigenvalue weighted by Gasteiger charge is -2.17. The molecule has 0 saturated heterocycles. The molecule has 3 N–H and O–H groups in total. The van der Waals surface area contributed by atoms with E-state index in [1.165, 1.54) is 31.3 Å². The van der Waals surface area contributed by atoms with Gasteiger partial charge in [0.1, 0.15) is 23.0 Å². The van der Waals surface area contributed by atoms with Gasteiger partial charge in [-0.05, 0) is 52.9 Å². The van der Waals surface area contributed by atoms with Crippen LogP contribution in [0.4, 0.5) is 10.5 Å². The van der Waals surface area contributed by atoms with Gasteiger partial charge in [-0.2, -0.15) is 4.68 Å². The maximum absolute atomic E-state index is 13.3. The molecule has 2 aromatic carbocycles. The lowest BCUT2D eigenvalue weighted by atomic mass is 10.1. The van der Waals surface area contributed by atoms with Crippen molar-refractivity contribution in [2.24, 2.45) is 0 Å². The van der Waals surface area contributed by atoms with E-state index in [1.54, 1.807) is 60.8 Å². The van der Waals surface area contributed by atoms with Crippen molar-refractivity contribution in [3.05, 3.63) is 100 Å². The highest BCUT2D eigenvalue weighted by Crippen LogP contribution is 2.30. The van der Waals surface area contributed by atoms with Crippen molar-refractivity contribution in [3.63, 3.8) is 0 Å². The Kier molecular flexibility index (Phi) is 9.47. The van der Waals surface area contributed by atoms with Crippen molar-refractivity contribution in [2.45, 2.75) is 12.5 Å². The first-order valence-electron chi connectivity index (χ1n) is 13.0. The van der Waals surface area contributed by atoms with Crippen molar-refractivity contribution in [3.8, 4) is 22.8 Å². The molecule has 0 unspecified atom stereocenters. The molecule has 0 aliphatic rings. The summed E-state index contributed by atoms with van der Waals surface area (Å²) < 4.78 is 11.5. The summed E-state index contributed by atoms with van der Waals surface area (Å²) in [6, 6.07) is 15.0. The zero-order chi connectivity index (χ0) is 31.1. The summed E-state index contributed by atoms with van der Waals surface area (Å²) in [5.41, 5.74) is 3.69. The van der Waals surface area contributed by atoms with Crippen LogP contribution >= 0.6 is 23.2 Å². The average molecular weight is 634 g/mol. The van der Waals surface area contributed by atoms with Gasteiger partial charge >= 0.3 is 6.09 Å². The van der Waals surface area contributed by atoms with E-state index in [9.17, 15) is 9.59 Å². The first-order chi connectivity index (χ1) is 21.3. The van der Waals surface area contributed by atoms with Gasteiger partial charge in [0.2, 0.25) is 11.8 Å². The first kappa shape index (κ1) is 30.2. The van der Waals surface area contributed by atoms with Crippen molar-refractivity contribution in [1.82, 2.24) is 40.5 Å². The van der Waals surface area contributed by atoms with Gasteiger partial charge in [-0.1, -0.05) is 41.4 Å². The number of imidazole rings is 1. The Morgan fingerprint density at radius 2 is 1.93 bits per heavy atom. The number of nitrogens with zero attached hydrogens (tertiary/aromatic N) is 6. The average Bonchev–Trinajstić information content (AvgIpc) is 3.71. The quantitative estimate of drug-likeness (QED) is 0.179. The molecule has 5 aromatic rings. The molecule has 3 aromatic heterocycles. The smallest absolute Gasteiger partial charge is 0.411 e. The first-order valence-corrected chi connectivity index (χ1v) is 13.8. The number of rotatable bonds is 10. The third-order valence-corrected chi connectivity index (χ3v) is 6.89. The summed E-state index contributed by atoms with van der Waals surface area (Å²) in [5.74, 6) is 0.415. The minimum Gasteiger partial charge on any atom is -0.481 e. The number of halogens is 2. The number of ether oxygens (including phenoxy) is 2. The monoisotopic (exact) mass is 633 g/mol. The number of benzene rings is 2. The maximum atomic E-state index is 13.3. The maximum Gasteiger partial charge on any atom is 0.411 e. The molecule has 2 amide bonds. The van der Waals surface area contributed by atoms with Gasteiger partial charge in [-0.25, -0.2) is 14.8 Å². The molecule has 0 bridgehead atoms. The lowest BCUT2D eigenvalue weighted by Crippen LogP contribution is -2.29. The second-order valence-corrected chi connectivity index (χ2v) is 10.0. The molecule has 0 fully saturated rings. The van der Waals surface area contributed by atoms with Crippen LogP contribution in [0, 0.1) is 0 Å². The molecular weight excluding hydrogens is 609 g/mol. The van der Waals surface area contributed by atoms with E-state index in [1.807, 2.05) is 6.07 Å². The summed E-state index contributed by atoms with van der Waals surface area (Å²) in [4.78, 5) is 36.9. The molecule has 0 spiro atoms. The van der Waals surface area contributed by atoms with E-state index in [0.29, 0.717) is 44.9 Å². The summed E-state index contributed by atoms with van der Waals surface area (Å²) in [5, 5.41) is 17.6. The molecular formula is C29H25Cl2N9O4. The van der Waals surface area contributed by atoms with Crippen LogP contribution in [0.15, 0.2) is 73.2 Å². The largest absolute Gasteiger partial charge is 0.481 e. The fraction of sp³-hybridized carbons (Fsp3) is 0.138. The molecule has 0 aliphatic carbocycles. The number of nitrogens with one attached hydrogen (secondary N) is 3. The molecule has 0 radical (unpaired) electrons. The summed E-state index contributed by atoms with van der Waals surface area (Å²) >= 11 is 12.8. The van der Waals surface area contributed by atoms with Crippen LogP contribution in [0.2, 0.25) is 10.2 Å². The molecule has 15 heteroatoms. The Morgan fingerprint density at radius 1 is 1.11 bits per heavy atom. The van der Waals surface area contributed by atoms with E-state index in [0.717, 1.165) is 5.56 Å². The molecule has 0 saturated carbocycles. The number of hydrogen-bond donors (Lipinski definition) is 3. The molecule has 3 heterocycles. The minimum atomic E-state index is -0.657. The van der Waals surface area contributed by atoms with Crippen LogP contribution in [-0.4, -0.2) is 61.4 Å². The number of carbonyl (C=O) groups is 2. The normalized spacial score (nSPS) is 11.7. The summed E-state index contributed by atoms with van der Waals surface area (Å²) in [6.45, 7) is 0. The van der Waals surface area contributed by atoms with E-state index >= 15 is 0 Å². The lowest BCUT2D eigenvalue weighted by molar-refractivity contribution is -0.117. The number of H-pyrrole nitrogens is 1. The highest BCUT2D eigenvalue weighted by molar-refractivity contribution is 6.32. The summed E-state index contributed by atoms with van der Waals surface area (Å²) in [6.07, 6.45) is 5.76. The van der Waals surface area contributed by atoms with Gasteiger partial charge in [-0.3, -0.25) is 10.1 Å². The van der Waals surface area contributed by atoms with Gasteiger partial charge < -0.3 is 19.8 Å². The van der Waals surface area contributed by atoms with Crippen LogP contribution < -0.4 is 15.4 Å². The van der Waals surface area contributed by atoms with E-state index in [-0.39, 0.29) is 11.6 Å². The molecule has 224 valence electrons. The molecule has 13 nitrogen and oxygen atoms in total. The number of pyridine rings is 1. The van der Waals surface area contributed by atoms with Gasteiger partial charge in [0, 0.05) is 46.1 Å². The fourth-order valence-electron chi connectivity index (χ4n) is 4.33. The standard InChI is InChI=1S/C29H25Cl2N9O4/c1-43-28-19(4-3-13-32-28)15-22(27-36-25(26(31)37-27)17-5-9-21(10-6-17)34-29(42)44-2)35-24(41)12-7-18-14-20(30)8-11-23(18)40-16-33-38-39-40/h3-14,16,22H,15H2,1-2H3,(H,34,42)(H,35,41)(H,36,37)/t22-/m0/s1. The number of carbonyl (C=O) groups excluding carboxylic acids is 2. The molecule has 1 atom stereocenters. The number of aromatic nitrogens is 7. The number of anilines is 1. The van der Waals surface area contributed by atoms with E-state index in [4.69, 9.17) is 32.9 Å². The molecule has 44 heavy (non-hydrogen) atoms. The third kappa shape index (κ3) is 7.19. The number of methoxy groups -OCH3 is 2. The predicted octanol–water partition coefficient (Wildman–Crippen LogP) is 5.05. The number of hydrogen-bond acceptors (Lipinski definition) is 9. The predicted molar refractivity (Wildman–Crippen MR) is 164 cm³/mol. The van der Waals surface area contributed by atoms with Crippen molar-refractivity contribution < 1.29 is 19.1 Å². The van der Waals surface area contributed by atoms with Gasteiger partial charge in [0.15, 0.2) is 0 Å². The van der Waals surface area contributed by atoms with Crippen LogP contribution in [0.3, 0.4) is 0 Å². The Morgan fingerprint density at radius 3 is 2.66 bits per heavy atom. The third-order valence-electron chi connectivity index (χ3n) is 6.38. The minimum absolute atomic E-state index is 0.270. The number of amides is 2. The van der Waals surface area contributed by atoms with Gasteiger partial charge in [-0.15, -0.1) is 5.10 Å². The zero-order valence-corrected chi connectivity index (χ0v) is 24.9. The summed E-state index contributed by atoms with van der Waals surface area (Å²) in [7, 11) is 2.81. The van der Waals surface area contributed by atoms with Crippen LogP contribution in [0.5, 0.6) is 5.88 Å². The Bertz CT molecular complexity index is 1790. The van der Waals surface area contributed by atoms with Gasteiger partial charge in [0.25, 0.3) is 0 Å². The fourth-order valence-corrected chi connectivity index (χ4v) is 4.76. The Hall–Kier alpha value is -5.27. The highest BCUT2D eigenvalue weighted by atomic mass is 35.5. The van der Waals surface area contributed by atoms with Crippen molar-refractivity contribution in [1.29, 1.82) is 0 Å². The second kappa shape index (κ2) is 13.8. The van der Waals surface area contributed by atoms with Crippen LogP contribution in [0.25, 0.3) is 23.0 Å². The topological polar surface area (TPSA) is 162 Å². The van der Waals surface area contributed by atoms with Crippen molar-refractivity contribution >= 4 is 47.0 Å². The van der Waals surface area contributed by atoms with Crippen LogP contribution in [0.1, 0.15) is 23.0 Å². The van der Waals surface area contributed by atoms with Crippen molar-refractivity contribution in [2.75, 3.05) is 19.5 Å². The second-order valence-electron chi connectivity index (χ2n) is 9.21. The molecule has 5 rings (SSSR count). The number of tetrazole rings is 1. The van der Waals surface area contributed by atoms with Gasteiger partial charge in [0.05, 0.1) is 25.9 Å². The van der Waals surface area contributed by atoms with E-state index < -0.39 is 18.0 Å². The molecule has 0 aliphatic heterocycles. The zero-order valence-electron chi connectivity index (χ0n) is 23.4. The Balaban J connectivity index is 1.43. The highest BCUT2D eigenvalue weighted by Gasteiger charge is 2.23. The van der Waals surface area contributed by atoms with E-state index in [2.05, 4.69) is 40.9 Å². The number of aromatic amines is 1. The van der Waals surface area contributed by atoms with Crippen LogP contribution in [-0.2, 0) is 16.0 Å².